The minimum Gasteiger partial charge on any atom is -0.379 e. The van der Waals surface area contributed by atoms with Gasteiger partial charge in [-0.3, -0.25) is 9.69 Å². The Morgan fingerprint density at radius 1 is 1.28 bits per heavy atom. The number of imidazole rings is 1. The molecule has 134 valence electrons. The van der Waals surface area contributed by atoms with Crippen molar-refractivity contribution in [3.8, 4) is 0 Å². The predicted molar refractivity (Wildman–Crippen MR) is 95.4 cm³/mol. The minimum atomic E-state index is 0.192. The summed E-state index contributed by atoms with van der Waals surface area (Å²) >= 11 is 0. The highest BCUT2D eigenvalue weighted by Crippen LogP contribution is 2.26. The number of rotatable bonds is 4. The molecule has 2 aliphatic heterocycles. The molecule has 0 spiro atoms. The van der Waals surface area contributed by atoms with Crippen molar-refractivity contribution in [2.75, 3.05) is 39.4 Å². The van der Waals surface area contributed by atoms with Crippen LogP contribution < -0.4 is 0 Å². The Morgan fingerprint density at radius 2 is 2.12 bits per heavy atom. The smallest absolute Gasteiger partial charge is 0.228 e. The molecular formula is C19H26N4O2. The molecule has 4 heterocycles. The highest BCUT2D eigenvalue weighted by atomic mass is 16.5. The van der Waals surface area contributed by atoms with E-state index in [1.54, 1.807) is 0 Å². The Bertz CT molecular complexity index is 705. The van der Waals surface area contributed by atoms with Gasteiger partial charge in [0.2, 0.25) is 5.91 Å². The molecule has 2 atom stereocenters. The number of likely N-dealkylation sites (tertiary alicyclic amines) is 1. The summed E-state index contributed by atoms with van der Waals surface area (Å²) in [5.41, 5.74) is 1.74. The Kier molecular flexibility index (Phi) is 4.72. The topological polar surface area (TPSA) is 50.1 Å². The van der Waals surface area contributed by atoms with Gasteiger partial charge in [-0.15, -0.1) is 0 Å². The third-order valence-corrected chi connectivity index (χ3v) is 5.54. The first-order valence-electron chi connectivity index (χ1n) is 9.27. The van der Waals surface area contributed by atoms with Crippen LogP contribution in [-0.4, -0.2) is 70.5 Å². The van der Waals surface area contributed by atoms with Crippen molar-refractivity contribution in [3.63, 3.8) is 0 Å². The number of hydrogen-bond acceptors (Lipinski definition) is 4. The summed E-state index contributed by atoms with van der Waals surface area (Å²) < 4.78 is 7.45. The predicted octanol–water partition coefficient (Wildman–Crippen LogP) is 1.45. The van der Waals surface area contributed by atoms with E-state index in [1.165, 1.54) is 0 Å². The number of pyridine rings is 1. The molecule has 1 amide bonds. The van der Waals surface area contributed by atoms with E-state index in [-0.39, 0.29) is 5.91 Å². The van der Waals surface area contributed by atoms with Crippen LogP contribution in [0.1, 0.15) is 19.0 Å². The zero-order valence-corrected chi connectivity index (χ0v) is 14.8. The van der Waals surface area contributed by atoms with Crippen molar-refractivity contribution in [2.45, 2.75) is 25.8 Å². The number of carbonyl (C=O) groups excluding carboxylic acids is 1. The second kappa shape index (κ2) is 7.14. The van der Waals surface area contributed by atoms with Crippen molar-refractivity contribution < 1.29 is 9.53 Å². The molecule has 2 saturated heterocycles. The van der Waals surface area contributed by atoms with Crippen molar-refractivity contribution in [2.24, 2.45) is 5.92 Å². The summed E-state index contributed by atoms with van der Waals surface area (Å²) in [5, 5.41) is 0. The van der Waals surface area contributed by atoms with Crippen molar-refractivity contribution in [1.82, 2.24) is 19.2 Å². The molecule has 6 heteroatoms. The molecule has 25 heavy (non-hydrogen) atoms. The summed E-state index contributed by atoms with van der Waals surface area (Å²) in [7, 11) is 0. The highest BCUT2D eigenvalue weighted by Gasteiger charge is 2.38. The normalized spacial score (nSPS) is 24.9. The van der Waals surface area contributed by atoms with Crippen molar-refractivity contribution in [3.05, 3.63) is 36.3 Å². The molecule has 0 aromatic carbocycles. The number of amides is 1. The first-order valence-corrected chi connectivity index (χ1v) is 9.27. The van der Waals surface area contributed by atoms with Crippen LogP contribution in [0.3, 0.4) is 0 Å². The van der Waals surface area contributed by atoms with Crippen LogP contribution in [0.5, 0.6) is 0 Å². The quantitative estimate of drug-likeness (QED) is 0.844. The van der Waals surface area contributed by atoms with Crippen LogP contribution in [0.4, 0.5) is 0 Å². The maximum Gasteiger partial charge on any atom is 0.228 e. The van der Waals surface area contributed by atoms with E-state index in [2.05, 4.69) is 16.8 Å². The number of ether oxygens (including phenoxy) is 1. The molecule has 0 radical (unpaired) electrons. The van der Waals surface area contributed by atoms with Gasteiger partial charge in [-0.1, -0.05) is 19.4 Å². The van der Waals surface area contributed by atoms with Gasteiger partial charge >= 0.3 is 0 Å². The van der Waals surface area contributed by atoms with Gasteiger partial charge in [-0.25, -0.2) is 4.98 Å². The fourth-order valence-corrected chi connectivity index (χ4v) is 4.12. The number of fused-ring (bicyclic) bond motifs is 1. The summed E-state index contributed by atoms with van der Waals surface area (Å²) in [4.78, 5) is 21.9. The van der Waals surface area contributed by atoms with Gasteiger partial charge in [0.05, 0.1) is 25.3 Å². The van der Waals surface area contributed by atoms with Gasteiger partial charge in [-0.2, -0.15) is 0 Å². The molecule has 0 N–H and O–H groups in total. The van der Waals surface area contributed by atoms with Gasteiger partial charge in [-0.05, 0) is 18.1 Å². The maximum atomic E-state index is 12.8. The zero-order valence-electron chi connectivity index (χ0n) is 14.8. The largest absolute Gasteiger partial charge is 0.379 e. The summed E-state index contributed by atoms with van der Waals surface area (Å²) in [6.45, 7) is 7.51. The highest BCUT2D eigenvalue weighted by molar-refractivity contribution is 5.79. The van der Waals surface area contributed by atoms with E-state index in [1.807, 2.05) is 39.9 Å². The molecule has 0 bridgehead atoms. The molecule has 0 aliphatic carbocycles. The molecule has 2 aromatic heterocycles. The second-order valence-electron chi connectivity index (χ2n) is 7.06. The van der Waals surface area contributed by atoms with Gasteiger partial charge in [0.15, 0.2) is 0 Å². The Morgan fingerprint density at radius 3 is 2.88 bits per heavy atom. The average Bonchev–Trinajstić information content (AvgIpc) is 3.25. The lowest BCUT2D eigenvalue weighted by Crippen LogP contribution is -2.47. The second-order valence-corrected chi connectivity index (χ2v) is 7.06. The first kappa shape index (κ1) is 16.5. The van der Waals surface area contributed by atoms with Gasteiger partial charge in [0.25, 0.3) is 0 Å². The monoisotopic (exact) mass is 342 g/mol. The molecule has 6 nitrogen and oxygen atoms in total. The van der Waals surface area contributed by atoms with E-state index < -0.39 is 0 Å². The molecular weight excluding hydrogens is 316 g/mol. The number of hydrogen-bond donors (Lipinski definition) is 0. The summed E-state index contributed by atoms with van der Waals surface area (Å²) in [6.07, 6.45) is 5.42. The third-order valence-electron chi connectivity index (χ3n) is 5.54. The molecule has 4 rings (SSSR count). The lowest BCUT2D eigenvalue weighted by molar-refractivity contribution is -0.129. The Balaban J connectivity index is 1.43. The lowest BCUT2D eigenvalue weighted by Gasteiger charge is -2.34. The summed E-state index contributed by atoms with van der Waals surface area (Å²) in [5.74, 6) is 0.751. The van der Waals surface area contributed by atoms with Crippen molar-refractivity contribution in [1.29, 1.82) is 0 Å². The van der Waals surface area contributed by atoms with E-state index in [0.29, 0.717) is 18.4 Å². The SMILES string of the molecule is CC[C@@H]1CN(C(=O)Cc2cn3ccccc3n2)C[C@@H]1N1CCOCC1. The maximum absolute atomic E-state index is 12.8. The molecule has 0 saturated carbocycles. The Labute approximate surface area is 148 Å². The number of nitrogens with zero attached hydrogens (tertiary/aromatic N) is 4. The van der Waals surface area contributed by atoms with Crippen LogP contribution in [0.25, 0.3) is 5.65 Å². The van der Waals surface area contributed by atoms with Crippen LogP contribution in [0.2, 0.25) is 0 Å². The lowest BCUT2D eigenvalue weighted by atomic mass is 9.99. The van der Waals surface area contributed by atoms with Crippen LogP contribution in [-0.2, 0) is 16.0 Å². The fourth-order valence-electron chi connectivity index (χ4n) is 4.12. The van der Waals surface area contributed by atoms with Crippen molar-refractivity contribution >= 4 is 11.6 Å². The van der Waals surface area contributed by atoms with Crippen LogP contribution >= 0.6 is 0 Å². The van der Waals surface area contributed by atoms with E-state index in [9.17, 15) is 4.79 Å². The first-order chi connectivity index (χ1) is 12.2. The Hall–Kier alpha value is -1.92. The van der Waals surface area contributed by atoms with Gasteiger partial charge < -0.3 is 14.0 Å². The third kappa shape index (κ3) is 3.41. The van der Waals surface area contributed by atoms with Gasteiger partial charge in [0, 0.05) is 44.6 Å². The fraction of sp³-hybridized carbons (Fsp3) is 0.579. The standard InChI is InChI=1S/C19H26N4O2/c1-2-15-12-23(14-17(15)21-7-9-25-10-8-21)19(24)11-16-13-22-6-4-3-5-18(22)20-16/h3-6,13,15,17H,2,7-12,14H2,1H3/t15-,17+/m1/s1. The van der Waals surface area contributed by atoms with E-state index >= 15 is 0 Å². The number of carbonyl (C=O) groups is 1. The average molecular weight is 342 g/mol. The number of aromatic nitrogens is 2. The van der Waals surface area contributed by atoms with E-state index in [0.717, 1.165) is 57.2 Å². The van der Waals surface area contributed by atoms with E-state index in [4.69, 9.17) is 4.74 Å². The van der Waals surface area contributed by atoms with Crippen LogP contribution in [0, 0.1) is 5.92 Å². The van der Waals surface area contributed by atoms with Crippen LogP contribution in [0.15, 0.2) is 30.6 Å². The number of morpholine rings is 1. The molecule has 2 aromatic rings. The minimum absolute atomic E-state index is 0.192. The summed E-state index contributed by atoms with van der Waals surface area (Å²) in [6, 6.07) is 6.37. The van der Waals surface area contributed by atoms with Gasteiger partial charge in [0.1, 0.15) is 5.65 Å². The molecule has 2 aliphatic rings. The molecule has 2 fully saturated rings. The molecule has 0 unspecified atom stereocenters. The zero-order chi connectivity index (χ0) is 17.2.